The van der Waals surface area contributed by atoms with Crippen LogP contribution in [0.3, 0.4) is 0 Å². The maximum atomic E-state index is 3.83. The molecule has 18 heavy (non-hydrogen) atoms. The Kier molecular flexibility index (Phi) is 3.42. The van der Waals surface area contributed by atoms with Gasteiger partial charge in [-0.3, -0.25) is 0 Å². The van der Waals surface area contributed by atoms with E-state index >= 15 is 0 Å². The van der Waals surface area contributed by atoms with Crippen LogP contribution in [-0.4, -0.2) is 17.8 Å². The van der Waals surface area contributed by atoms with Gasteiger partial charge in [0, 0.05) is 22.7 Å². The summed E-state index contributed by atoms with van der Waals surface area (Å²) in [7, 11) is 0. The Labute approximate surface area is 115 Å². The van der Waals surface area contributed by atoms with Crippen molar-refractivity contribution < 1.29 is 0 Å². The van der Waals surface area contributed by atoms with E-state index < -0.39 is 0 Å². The summed E-state index contributed by atoms with van der Waals surface area (Å²) in [6.07, 6.45) is 5.36. The summed E-state index contributed by atoms with van der Waals surface area (Å²) in [5.41, 5.74) is 2.04. The summed E-state index contributed by atoms with van der Waals surface area (Å²) in [6, 6.07) is 9.58. The zero-order chi connectivity index (χ0) is 12.6. The number of hydrogen-bond acceptors (Lipinski definition) is 2. The van der Waals surface area contributed by atoms with Crippen LogP contribution >= 0.6 is 11.8 Å². The van der Waals surface area contributed by atoms with Crippen molar-refractivity contribution in [3.8, 4) is 0 Å². The van der Waals surface area contributed by atoms with Gasteiger partial charge >= 0.3 is 0 Å². The van der Waals surface area contributed by atoms with E-state index in [2.05, 4.69) is 55.2 Å². The van der Waals surface area contributed by atoms with Crippen LogP contribution in [0.15, 0.2) is 29.2 Å². The Morgan fingerprint density at radius 3 is 2.89 bits per heavy atom. The largest absolute Gasteiger partial charge is 0.312 e. The van der Waals surface area contributed by atoms with Gasteiger partial charge in [0.05, 0.1) is 0 Å². The van der Waals surface area contributed by atoms with Crippen molar-refractivity contribution in [3.63, 3.8) is 0 Å². The molecule has 1 aromatic rings. The predicted octanol–water partition coefficient (Wildman–Crippen LogP) is 3.87. The number of thioether (sulfide) groups is 1. The molecule has 3 rings (SSSR count). The highest BCUT2D eigenvalue weighted by molar-refractivity contribution is 8.00. The van der Waals surface area contributed by atoms with Crippen molar-refractivity contribution in [2.45, 2.75) is 55.7 Å². The van der Waals surface area contributed by atoms with E-state index in [4.69, 9.17) is 0 Å². The molecule has 2 atom stereocenters. The zero-order valence-electron chi connectivity index (χ0n) is 11.4. The van der Waals surface area contributed by atoms with Crippen molar-refractivity contribution in [3.05, 3.63) is 29.8 Å². The zero-order valence-corrected chi connectivity index (χ0v) is 12.2. The van der Waals surface area contributed by atoms with Gasteiger partial charge in [0.1, 0.15) is 0 Å². The maximum Gasteiger partial charge on any atom is 0.0260 e. The molecule has 1 heterocycles. The SMILES string of the molecule is CC1(C)CCCC1NCC1Cc2ccccc2S1. The molecular formula is C16H23NS. The number of hydrogen-bond donors (Lipinski definition) is 1. The number of rotatable bonds is 3. The van der Waals surface area contributed by atoms with Gasteiger partial charge < -0.3 is 5.32 Å². The molecule has 2 aliphatic rings. The lowest BCUT2D eigenvalue weighted by atomic mass is 9.87. The third-order valence-corrected chi connectivity index (χ3v) is 5.88. The van der Waals surface area contributed by atoms with Gasteiger partial charge in [-0.25, -0.2) is 0 Å². The molecule has 0 saturated heterocycles. The molecule has 1 N–H and O–H groups in total. The van der Waals surface area contributed by atoms with Crippen molar-refractivity contribution >= 4 is 11.8 Å². The van der Waals surface area contributed by atoms with Crippen molar-refractivity contribution in [1.29, 1.82) is 0 Å². The van der Waals surface area contributed by atoms with Crippen LogP contribution in [0.1, 0.15) is 38.7 Å². The second-order valence-corrected chi connectivity index (χ2v) is 7.74. The average molecular weight is 261 g/mol. The van der Waals surface area contributed by atoms with E-state index in [9.17, 15) is 0 Å². The standard InChI is InChI=1S/C16H23NS/c1-16(2)9-5-8-15(16)17-11-13-10-12-6-3-4-7-14(12)18-13/h3-4,6-7,13,15,17H,5,8-11H2,1-2H3. The first-order valence-electron chi connectivity index (χ1n) is 7.13. The first-order chi connectivity index (χ1) is 8.65. The maximum absolute atomic E-state index is 3.83. The van der Waals surface area contributed by atoms with Gasteiger partial charge in [-0.2, -0.15) is 0 Å². The van der Waals surface area contributed by atoms with E-state index in [0.717, 1.165) is 17.8 Å². The fourth-order valence-corrected chi connectivity index (χ4v) is 4.61. The molecule has 0 spiro atoms. The molecule has 2 heteroatoms. The molecule has 1 aliphatic heterocycles. The fourth-order valence-electron chi connectivity index (χ4n) is 3.35. The van der Waals surface area contributed by atoms with Gasteiger partial charge in [-0.15, -0.1) is 11.8 Å². The van der Waals surface area contributed by atoms with Crippen LogP contribution in [0.25, 0.3) is 0 Å². The van der Waals surface area contributed by atoms with Crippen LogP contribution in [0.2, 0.25) is 0 Å². The molecule has 0 bridgehead atoms. The van der Waals surface area contributed by atoms with Gasteiger partial charge in [0.25, 0.3) is 0 Å². The second-order valence-electron chi connectivity index (χ2n) is 6.39. The van der Waals surface area contributed by atoms with Crippen molar-refractivity contribution in [2.24, 2.45) is 5.41 Å². The number of fused-ring (bicyclic) bond motifs is 1. The van der Waals surface area contributed by atoms with E-state index in [1.54, 1.807) is 5.56 Å². The Balaban J connectivity index is 1.54. The van der Waals surface area contributed by atoms with Crippen LogP contribution in [0.5, 0.6) is 0 Å². The summed E-state index contributed by atoms with van der Waals surface area (Å²) in [6.45, 7) is 5.98. The van der Waals surface area contributed by atoms with Crippen LogP contribution < -0.4 is 5.32 Å². The highest BCUT2D eigenvalue weighted by Gasteiger charge is 2.34. The lowest BCUT2D eigenvalue weighted by Gasteiger charge is -2.29. The summed E-state index contributed by atoms with van der Waals surface area (Å²) < 4.78 is 0. The second kappa shape index (κ2) is 4.90. The summed E-state index contributed by atoms with van der Waals surface area (Å²) >= 11 is 2.06. The molecule has 98 valence electrons. The normalized spacial score (nSPS) is 29.4. The van der Waals surface area contributed by atoms with Crippen LogP contribution in [0.4, 0.5) is 0 Å². The van der Waals surface area contributed by atoms with E-state index in [-0.39, 0.29) is 0 Å². The van der Waals surface area contributed by atoms with Gasteiger partial charge in [0.15, 0.2) is 0 Å². The third kappa shape index (κ3) is 2.46. The first-order valence-corrected chi connectivity index (χ1v) is 8.01. The molecule has 1 nitrogen and oxygen atoms in total. The number of nitrogens with one attached hydrogen (secondary N) is 1. The Hall–Kier alpha value is -0.470. The minimum atomic E-state index is 0.496. The lowest BCUT2D eigenvalue weighted by molar-refractivity contribution is 0.285. The first kappa shape index (κ1) is 12.6. The molecule has 0 amide bonds. The molecule has 0 aromatic heterocycles. The smallest absolute Gasteiger partial charge is 0.0260 e. The Morgan fingerprint density at radius 1 is 1.33 bits per heavy atom. The molecule has 2 unspecified atom stereocenters. The van der Waals surface area contributed by atoms with Crippen LogP contribution in [-0.2, 0) is 6.42 Å². The van der Waals surface area contributed by atoms with Gasteiger partial charge in [-0.05, 0) is 36.3 Å². The molecule has 1 aliphatic carbocycles. The quantitative estimate of drug-likeness (QED) is 0.886. The third-order valence-electron chi connectivity index (χ3n) is 4.56. The van der Waals surface area contributed by atoms with Crippen molar-refractivity contribution in [1.82, 2.24) is 5.32 Å². The molecule has 1 aromatic carbocycles. The Morgan fingerprint density at radius 2 is 2.17 bits per heavy atom. The molecule has 1 saturated carbocycles. The van der Waals surface area contributed by atoms with Gasteiger partial charge in [0.2, 0.25) is 0 Å². The van der Waals surface area contributed by atoms with E-state index in [1.165, 1.54) is 30.6 Å². The highest BCUT2D eigenvalue weighted by atomic mass is 32.2. The summed E-state index contributed by atoms with van der Waals surface area (Å²) in [4.78, 5) is 1.50. The minimum Gasteiger partial charge on any atom is -0.312 e. The summed E-state index contributed by atoms with van der Waals surface area (Å²) in [5.74, 6) is 0. The minimum absolute atomic E-state index is 0.496. The highest BCUT2D eigenvalue weighted by Crippen LogP contribution is 2.39. The number of benzene rings is 1. The Bertz CT molecular complexity index is 402. The fraction of sp³-hybridized carbons (Fsp3) is 0.625. The average Bonchev–Trinajstić information content (AvgIpc) is 2.89. The topological polar surface area (TPSA) is 12.0 Å². The predicted molar refractivity (Wildman–Crippen MR) is 79.2 cm³/mol. The monoisotopic (exact) mass is 261 g/mol. The molecule has 1 fully saturated rings. The van der Waals surface area contributed by atoms with Gasteiger partial charge in [-0.1, -0.05) is 38.5 Å². The van der Waals surface area contributed by atoms with E-state index in [1.807, 2.05) is 0 Å². The van der Waals surface area contributed by atoms with Crippen LogP contribution in [0, 0.1) is 5.41 Å². The van der Waals surface area contributed by atoms with E-state index in [0.29, 0.717) is 5.41 Å². The lowest BCUT2D eigenvalue weighted by Crippen LogP contribution is -2.40. The summed E-state index contributed by atoms with van der Waals surface area (Å²) in [5, 5.41) is 4.56. The molecule has 0 radical (unpaired) electrons. The molecular weight excluding hydrogens is 238 g/mol. The van der Waals surface area contributed by atoms with Crippen molar-refractivity contribution in [2.75, 3.05) is 6.54 Å².